The second kappa shape index (κ2) is 5.86. The molecular formula is C13H28N2. The molecule has 0 aromatic carbocycles. The van der Waals surface area contributed by atoms with E-state index in [9.17, 15) is 0 Å². The van der Waals surface area contributed by atoms with Crippen LogP contribution in [0.2, 0.25) is 0 Å². The largest absolute Gasteiger partial charge is 0.330 e. The van der Waals surface area contributed by atoms with E-state index in [1.165, 1.54) is 45.2 Å². The Morgan fingerprint density at radius 1 is 1.33 bits per heavy atom. The zero-order valence-electron chi connectivity index (χ0n) is 10.8. The summed E-state index contributed by atoms with van der Waals surface area (Å²) in [6.45, 7) is 10.5. The van der Waals surface area contributed by atoms with Gasteiger partial charge in [0.1, 0.15) is 0 Å². The molecule has 1 heterocycles. The van der Waals surface area contributed by atoms with E-state index in [0.717, 1.165) is 12.5 Å². The third-order valence-corrected chi connectivity index (χ3v) is 4.11. The number of nitrogens with two attached hydrogens (primary N) is 1. The van der Waals surface area contributed by atoms with Gasteiger partial charge in [0, 0.05) is 5.54 Å². The first-order chi connectivity index (χ1) is 7.12. The van der Waals surface area contributed by atoms with Crippen molar-refractivity contribution in [3.8, 4) is 0 Å². The maximum absolute atomic E-state index is 5.68. The van der Waals surface area contributed by atoms with Crippen LogP contribution in [0.5, 0.6) is 0 Å². The highest BCUT2D eigenvalue weighted by Gasteiger charge is 2.39. The predicted molar refractivity (Wildman–Crippen MR) is 67.0 cm³/mol. The minimum atomic E-state index is 0.382. The van der Waals surface area contributed by atoms with Crippen LogP contribution in [0.4, 0.5) is 0 Å². The maximum Gasteiger partial charge on any atom is 0.0182 e. The molecule has 2 nitrogen and oxygen atoms in total. The van der Waals surface area contributed by atoms with Crippen molar-refractivity contribution in [1.82, 2.24) is 4.90 Å². The fourth-order valence-corrected chi connectivity index (χ4v) is 2.86. The zero-order chi connectivity index (χ0) is 11.3. The van der Waals surface area contributed by atoms with Gasteiger partial charge in [-0.2, -0.15) is 0 Å². The van der Waals surface area contributed by atoms with Crippen LogP contribution >= 0.6 is 0 Å². The molecule has 1 unspecified atom stereocenters. The van der Waals surface area contributed by atoms with Crippen LogP contribution in [0.3, 0.4) is 0 Å². The predicted octanol–water partition coefficient (Wildman–Crippen LogP) is 2.63. The summed E-state index contributed by atoms with van der Waals surface area (Å²) in [7, 11) is 0. The smallest absolute Gasteiger partial charge is 0.0182 e. The molecule has 0 amide bonds. The first-order valence-corrected chi connectivity index (χ1v) is 6.58. The van der Waals surface area contributed by atoms with Crippen LogP contribution in [0.1, 0.15) is 52.9 Å². The van der Waals surface area contributed by atoms with Crippen LogP contribution in [0.25, 0.3) is 0 Å². The molecule has 0 aromatic rings. The van der Waals surface area contributed by atoms with Crippen molar-refractivity contribution in [2.75, 3.05) is 19.6 Å². The molecule has 0 aromatic heterocycles. The van der Waals surface area contributed by atoms with Gasteiger partial charge in [-0.3, -0.25) is 4.90 Å². The fraction of sp³-hybridized carbons (Fsp3) is 1.00. The van der Waals surface area contributed by atoms with Crippen molar-refractivity contribution >= 4 is 0 Å². The molecule has 0 aliphatic carbocycles. The number of nitrogens with zero attached hydrogens (tertiary/aromatic N) is 1. The normalized spacial score (nSPS) is 26.0. The van der Waals surface area contributed by atoms with Gasteiger partial charge in [-0.25, -0.2) is 0 Å². The molecule has 90 valence electrons. The molecule has 0 saturated carbocycles. The van der Waals surface area contributed by atoms with E-state index in [1.807, 2.05) is 0 Å². The SMILES string of the molecule is CCCCCN1CCC(CCN)C1(C)C. The molecule has 1 fully saturated rings. The van der Waals surface area contributed by atoms with Crippen molar-refractivity contribution in [2.24, 2.45) is 11.7 Å². The van der Waals surface area contributed by atoms with Crippen LogP contribution < -0.4 is 5.73 Å². The first kappa shape index (κ1) is 13.0. The number of unbranched alkanes of at least 4 members (excludes halogenated alkanes) is 2. The van der Waals surface area contributed by atoms with Crippen LogP contribution in [0.15, 0.2) is 0 Å². The summed E-state index contributed by atoms with van der Waals surface area (Å²) in [4.78, 5) is 2.67. The van der Waals surface area contributed by atoms with E-state index in [0.29, 0.717) is 5.54 Å². The highest BCUT2D eigenvalue weighted by atomic mass is 15.2. The second-order valence-corrected chi connectivity index (χ2v) is 5.41. The van der Waals surface area contributed by atoms with Gasteiger partial charge in [0.15, 0.2) is 0 Å². The quantitative estimate of drug-likeness (QED) is 0.686. The van der Waals surface area contributed by atoms with E-state index in [2.05, 4.69) is 25.7 Å². The van der Waals surface area contributed by atoms with Gasteiger partial charge in [-0.15, -0.1) is 0 Å². The van der Waals surface area contributed by atoms with Gasteiger partial charge in [0.05, 0.1) is 0 Å². The molecule has 1 rings (SSSR count). The monoisotopic (exact) mass is 212 g/mol. The molecule has 2 heteroatoms. The number of likely N-dealkylation sites (tertiary alicyclic amines) is 1. The van der Waals surface area contributed by atoms with Gasteiger partial charge in [-0.05, 0) is 58.7 Å². The summed E-state index contributed by atoms with van der Waals surface area (Å²) in [5.74, 6) is 0.809. The second-order valence-electron chi connectivity index (χ2n) is 5.41. The van der Waals surface area contributed by atoms with E-state index in [-0.39, 0.29) is 0 Å². The first-order valence-electron chi connectivity index (χ1n) is 6.58. The molecule has 15 heavy (non-hydrogen) atoms. The van der Waals surface area contributed by atoms with Gasteiger partial charge in [-0.1, -0.05) is 19.8 Å². The number of hydrogen-bond acceptors (Lipinski definition) is 2. The lowest BCUT2D eigenvalue weighted by atomic mass is 9.86. The highest BCUT2D eigenvalue weighted by molar-refractivity contribution is 4.95. The molecular weight excluding hydrogens is 184 g/mol. The van der Waals surface area contributed by atoms with Crippen molar-refractivity contribution in [1.29, 1.82) is 0 Å². The summed E-state index contributed by atoms with van der Waals surface area (Å²) in [6, 6.07) is 0. The molecule has 0 spiro atoms. The zero-order valence-corrected chi connectivity index (χ0v) is 10.8. The Morgan fingerprint density at radius 3 is 2.67 bits per heavy atom. The highest BCUT2D eigenvalue weighted by Crippen LogP contribution is 2.36. The number of rotatable bonds is 6. The summed E-state index contributed by atoms with van der Waals surface area (Å²) >= 11 is 0. The summed E-state index contributed by atoms with van der Waals surface area (Å²) in [6.07, 6.45) is 6.58. The summed E-state index contributed by atoms with van der Waals surface area (Å²) in [5, 5.41) is 0. The van der Waals surface area contributed by atoms with Crippen molar-refractivity contribution in [3.05, 3.63) is 0 Å². The summed E-state index contributed by atoms with van der Waals surface area (Å²) in [5.41, 5.74) is 6.06. The van der Waals surface area contributed by atoms with E-state index in [1.54, 1.807) is 0 Å². The standard InChI is InChI=1S/C13H28N2/c1-4-5-6-10-15-11-8-12(7-9-14)13(15,2)3/h12H,4-11,14H2,1-3H3. The van der Waals surface area contributed by atoms with E-state index in [4.69, 9.17) is 5.73 Å². The Bertz CT molecular complexity index is 177. The van der Waals surface area contributed by atoms with E-state index < -0.39 is 0 Å². The van der Waals surface area contributed by atoms with Crippen LogP contribution in [-0.2, 0) is 0 Å². The van der Waals surface area contributed by atoms with Gasteiger partial charge in [0.25, 0.3) is 0 Å². The fourth-order valence-electron chi connectivity index (χ4n) is 2.86. The van der Waals surface area contributed by atoms with Crippen molar-refractivity contribution in [2.45, 2.75) is 58.4 Å². The Labute approximate surface area is 95.2 Å². The third kappa shape index (κ3) is 3.18. The van der Waals surface area contributed by atoms with Gasteiger partial charge in [0.2, 0.25) is 0 Å². The van der Waals surface area contributed by atoms with Crippen molar-refractivity contribution in [3.63, 3.8) is 0 Å². The average molecular weight is 212 g/mol. The minimum absolute atomic E-state index is 0.382. The lowest BCUT2D eigenvalue weighted by molar-refractivity contribution is 0.133. The Balaban J connectivity index is 2.40. The molecule has 0 radical (unpaired) electrons. The average Bonchev–Trinajstić information content (AvgIpc) is 2.46. The van der Waals surface area contributed by atoms with Crippen LogP contribution in [0, 0.1) is 5.92 Å². The minimum Gasteiger partial charge on any atom is -0.330 e. The Kier molecular flexibility index (Phi) is 5.07. The summed E-state index contributed by atoms with van der Waals surface area (Å²) < 4.78 is 0. The molecule has 0 bridgehead atoms. The third-order valence-electron chi connectivity index (χ3n) is 4.11. The number of hydrogen-bond donors (Lipinski definition) is 1. The molecule has 1 atom stereocenters. The Morgan fingerprint density at radius 2 is 2.07 bits per heavy atom. The molecule has 1 aliphatic heterocycles. The molecule has 1 aliphatic rings. The van der Waals surface area contributed by atoms with Crippen LogP contribution in [-0.4, -0.2) is 30.1 Å². The lowest BCUT2D eigenvalue weighted by Gasteiger charge is -2.36. The molecule has 2 N–H and O–H groups in total. The van der Waals surface area contributed by atoms with Gasteiger partial charge >= 0.3 is 0 Å². The van der Waals surface area contributed by atoms with Crippen molar-refractivity contribution < 1.29 is 0 Å². The topological polar surface area (TPSA) is 29.3 Å². The van der Waals surface area contributed by atoms with Gasteiger partial charge < -0.3 is 5.73 Å². The van der Waals surface area contributed by atoms with E-state index >= 15 is 0 Å². The maximum atomic E-state index is 5.68. The Hall–Kier alpha value is -0.0800. The lowest BCUT2D eigenvalue weighted by Crippen LogP contribution is -2.43. The molecule has 1 saturated heterocycles.